The number of nitrogens with zero attached hydrogens (tertiary/aromatic N) is 7. The number of halogens is 5. The fraction of sp³-hybridized carbons (Fsp3) is 0.500. The first kappa shape index (κ1) is 23.4. The van der Waals surface area contributed by atoms with Gasteiger partial charge in [-0.15, -0.1) is 0 Å². The number of alkyl halides is 5. The number of pyridine rings is 1. The summed E-state index contributed by atoms with van der Waals surface area (Å²) in [5.41, 5.74) is -0.477. The van der Waals surface area contributed by atoms with Crippen molar-refractivity contribution >= 4 is 28.7 Å². The molecule has 2 aliphatic rings. The van der Waals surface area contributed by atoms with E-state index >= 15 is 0 Å². The third-order valence-electron chi connectivity index (χ3n) is 6.83. The van der Waals surface area contributed by atoms with Crippen LogP contribution in [-0.4, -0.2) is 56.7 Å². The molecule has 0 unspecified atom stereocenters. The van der Waals surface area contributed by atoms with Gasteiger partial charge in [-0.2, -0.15) is 18.3 Å². The zero-order chi connectivity index (χ0) is 25.0. The fourth-order valence-corrected chi connectivity index (χ4v) is 4.91. The van der Waals surface area contributed by atoms with Crippen LogP contribution in [0, 0.1) is 12.3 Å². The number of aromatic nitrogens is 5. The number of hydrogen-bond donors (Lipinski definition) is 0. The molecule has 3 aromatic heterocycles. The molecule has 1 spiro atoms. The number of hydrogen-bond acceptors (Lipinski definition) is 6. The van der Waals surface area contributed by atoms with E-state index in [0.29, 0.717) is 55.8 Å². The topological polar surface area (TPSA) is 80.0 Å². The maximum atomic E-state index is 13.4. The summed E-state index contributed by atoms with van der Waals surface area (Å²) in [7, 11) is 0. The number of carbonyl (C=O) groups is 1. The normalized spacial score (nSPS) is 18.4. The first-order chi connectivity index (χ1) is 16.6. The molecule has 2 aliphatic heterocycles. The average Bonchev–Trinajstić information content (AvgIpc) is 3.34. The van der Waals surface area contributed by atoms with E-state index in [1.165, 1.54) is 18.0 Å². The summed E-state index contributed by atoms with van der Waals surface area (Å²) in [6, 6.07) is 1.01. The van der Waals surface area contributed by atoms with Crippen LogP contribution in [0.5, 0.6) is 0 Å². The van der Waals surface area contributed by atoms with Crippen molar-refractivity contribution in [3.8, 4) is 0 Å². The summed E-state index contributed by atoms with van der Waals surface area (Å²) in [6.07, 6.45) is -1.73. The van der Waals surface area contributed by atoms with Gasteiger partial charge in [-0.1, -0.05) is 0 Å². The van der Waals surface area contributed by atoms with Crippen molar-refractivity contribution in [2.24, 2.45) is 5.41 Å². The lowest BCUT2D eigenvalue weighted by Crippen LogP contribution is -2.45. The minimum Gasteiger partial charge on any atom is -0.355 e. The summed E-state index contributed by atoms with van der Waals surface area (Å²) < 4.78 is 65.7. The Kier molecular flexibility index (Phi) is 5.59. The van der Waals surface area contributed by atoms with Gasteiger partial charge < -0.3 is 4.90 Å². The van der Waals surface area contributed by atoms with Crippen molar-refractivity contribution in [2.75, 3.05) is 29.4 Å². The Balaban J connectivity index is 1.31. The fourth-order valence-electron chi connectivity index (χ4n) is 4.91. The number of piperidine rings is 1. The number of carbonyl (C=O) groups excluding carboxylic acids is 1. The molecule has 0 aliphatic carbocycles. The molecular formula is C22H22F5N7O. The second kappa shape index (κ2) is 8.38. The Hall–Kier alpha value is -3.38. The zero-order valence-electron chi connectivity index (χ0n) is 18.8. The smallest absolute Gasteiger partial charge is 0.355 e. The predicted molar refractivity (Wildman–Crippen MR) is 116 cm³/mol. The molecule has 1 amide bonds. The van der Waals surface area contributed by atoms with Gasteiger partial charge in [0.15, 0.2) is 5.65 Å². The molecule has 5 heterocycles. The van der Waals surface area contributed by atoms with Gasteiger partial charge in [0, 0.05) is 25.8 Å². The Morgan fingerprint density at radius 1 is 1.06 bits per heavy atom. The van der Waals surface area contributed by atoms with E-state index in [9.17, 15) is 26.7 Å². The van der Waals surface area contributed by atoms with Gasteiger partial charge in [-0.3, -0.25) is 9.69 Å². The van der Waals surface area contributed by atoms with E-state index < -0.39 is 30.1 Å². The minimum absolute atomic E-state index is 0.135. The number of anilines is 2. The van der Waals surface area contributed by atoms with Crippen LogP contribution in [-0.2, 0) is 17.5 Å². The van der Waals surface area contributed by atoms with Gasteiger partial charge in [-0.05, 0) is 37.8 Å². The number of fused-ring (bicyclic) bond motifs is 1. The van der Waals surface area contributed by atoms with Crippen molar-refractivity contribution in [3.05, 3.63) is 35.8 Å². The molecule has 0 radical (unpaired) electrons. The van der Waals surface area contributed by atoms with Gasteiger partial charge in [-0.25, -0.2) is 28.4 Å². The van der Waals surface area contributed by atoms with E-state index in [1.54, 1.807) is 6.20 Å². The first-order valence-electron chi connectivity index (χ1n) is 11.1. The lowest BCUT2D eigenvalue weighted by Gasteiger charge is -2.38. The van der Waals surface area contributed by atoms with Gasteiger partial charge >= 0.3 is 6.18 Å². The standard InChI is InChI=1S/C22H22F5N7O/c1-13-8-14(22(25,26)27)9-29-18(13)33-7-4-21(20(33)35)2-5-32(6-3-21)17-11-28-15-10-30-34(12-16(23)24)19(15)31-17/h8-11,16H,2-7,12H2,1H3. The monoisotopic (exact) mass is 495 g/mol. The molecule has 35 heavy (non-hydrogen) atoms. The van der Waals surface area contributed by atoms with Crippen LogP contribution in [0.25, 0.3) is 11.2 Å². The number of amides is 1. The molecule has 5 rings (SSSR count). The maximum Gasteiger partial charge on any atom is 0.417 e. The number of rotatable bonds is 4. The summed E-state index contributed by atoms with van der Waals surface area (Å²) in [4.78, 5) is 29.5. The van der Waals surface area contributed by atoms with Gasteiger partial charge in [0.2, 0.25) is 5.91 Å². The predicted octanol–water partition coefficient (Wildman–Crippen LogP) is 3.84. The Morgan fingerprint density at radius 3 is 2.43 bits per heavy atom. The average molecular weight is 495 g/mol. The minimum atomic E-state index is -4.50. The third-order valence-corrected chi connectivity index (χ3v) is 6.83. The molecular weight excluding hydrogens is 473 g/mol. The second-order valence-electron chi connectivity index (χ2n) is 8.99. The van der Waals surface area contributed by atoms with E-state index in [4.69, 9.17) is 0 Å². The van der Waals surface area contributed by atoms with Crippen LogP contribution in [0.3, 0.4) is 0 Å². The van der Waals surface area contributed by atoms with Crippen LogP contribution < -0.4 is 9.80 Å². The zero-order valence-corrected chi connectivity index (χ0v) is 18.8. The van der Waals surface area contributed by atoms with E-state index in [2.05, 4.69) is 20.1 Å². The molecule has 2 saturated heterocycles. The van der Waals surface area contributed by atoms with Crippen molar-refractivity contribution in [1.82, 2.24) is 24.7 Å². The Morgan fingerprint density at radius 2 is 1.77 bits per heavy atom. The highest BCUT2D eigenvalue weighted by Gasteiger charge is 2.49. The van der Waals surface area contributed by atoms with Crippen LogP contribution in [0.1, 0.15) is 30.4 Å². The van der Waals surface area contributed by atoms with Crippen LogP contribution in [0.2, 0.25) is 0 Å². The molecule has 0 aromatic carbocycles. The van der Waals surface area contributed by atoms with E-state index in [0.717, 1.165) is 16.9 Å². The van der Waals surface area contributed by atoms with Gasteiger partial charge in [0.25, 0.3) is 6.43 Å². The molecule has 2 fully saturated rings. The second-order valence-corrected chi connectivity index (χ2v) is 8.99. The lowest BCUT2D eigenvalue weighted by atomic mass is 9.77. The summed E-state index contributed by atoms with van der Waals surface area (Å²) in [5, 5.41) is 3.93. The molecule has 0 bridgehead atoms. The van der Waals surface area contributed by atoms with Crippen LogP contribution in [0.4, 0.5) is 33.6 Å². The number of aryl methyl sites for hydroxylation is 1. The van der Waals surface area contributed by atoms with E-state index in [1.807, 2.05) is 4.90 Å². The highest BCUT2D eigenvalue weighted by atomic mass is 19.4. The van der Waals surface area contributed by atoms with Crippen LogP contribution >= 0.6 is 0 Å². The quantitative estimate of drug-likeness (QED) is 0.512. The van der Waals surface area contributed by atoms with Gasteiger partial charge in [0.1, 0.15) is 23.7 Å². The lowest BCUT2D eigenvalue weighted by molar-refractivity contribution is -0.137. The van der Waals surface area contributed by atoms with Crippen molar-refractivity contribution in [3.63, 3.8) is 0 Å². The van der Waals surface area contributed by atoms with Crippen LogP contribution in [0.15, 0.2) is 24.7 Å². The molecule has 186 valence electrons. The van der Waals surface area contributed by atoms with E-state index in [-0.39, 0.29) is 17.4 Å². The molecule has 0 N–H and O–H groups in total. The highest BCUT2D eigenvalue weighted by Crippen LogP contribution is 2.44. The first-order valence-corrected chi connectivity index (χ1v) is 11.1. The molecule has 8 nitrogen and oxygen atoms in total. The summed E-state index contributed by atoms with van der Waals surface area (Å²) >= 11 is 0. The molecule has 0 saturated carbocycles. The summed E-state index contributed by atoms with van der Waals surface area (Å²) in [5.74, 6) is 0.640. The van der Waals surface area contributed by atoms with Crippen molar-refractivity contribution in [2.45, 2.75) is 45.3 Å². The summed E-state index contributed by atoms with van der Waals surface area (Å²) in [6.45, 7) is 2.33. The van der Waals surface area contributed by atoms with Crippen molar-refractivity contribution in [1.29, 1.82) is 0 Å². The van der Waals surface area contributed by atoms with Gasteiger partial charge in [0.05, 0.1) is 23.4 Å². The SMILES string of the molecule is Cc1cc(C(F)(F)F)cnc1N1CCC2(CCN(c3cnc4cnn(CC(F)F)c4n3)CC2)C1=O. The Labute approximate surface area is 196 Å². The Bertz CT molecular complexity index is 1270. The molecule has 0 atom stereocenters. The molecule has 13 heteroatoms. The van der Waals surface area contributed by atoms with Crippen molar-refractivity contribution < 1.29 is 26.7 Å². The highest BCUT2D eigenvalue weighted by molar-refractivity contribution is 5.99. The maximum absolute atomic E-state index is 13.4. The third kappa shape index (κ3) is 4.16. The molecule has 3 aromatic rings. The largest absolute Gasteiger partial charge is 0.417 e.